The maximum atomic E-state index is 14.3. The molecule has 0 bridgehead atoms. The van der Waals surface area contributed by atoms with Gasteiger partial charge in [-0.2, -0.15) is 10.3 Å². The molecule has 0 aliphatic rings. The van der Waals surface area contributed by atoms with Crippen molar-refractivity contribution in [1.82, 2.24) is 40.0 Å². The van der Waals surface area contributed by atoms with E-state index in [2.05, 4.69) is 34.5 Å². The summed E-state index contributed by atoms with van der Waals surface area (Å²) in [6, 6.07) is 9.37. The van der Waals surface area contributed by atoms with Crippen LogP contribution in [0.1, 0.15) is 56.7 Å². The number of rotatable bonds is 10. The summed E-state index contributed by atoms with van der Waals surface area (Å²) in [4.78, 5) is 4.77. The molecule has 1 aromatic carbocycles. The van der Waals surface area contributed by atoms with Crippen LogP contribution in [-0.4, -0.2) is 40.0 Å². The molecule has 3 aromatic heterocycles. The highest BCUT2D eigenvalue weighted by molar-refractivity contribution is 5.55. The summed E-state index contributed by atoms with van der Waals surface area (Å²) in [6.07, 6.45) is 7.97. The molecule has 4 rings (SSSR count). The lowest BCUT2D eigenvalue weighted by molar-refractivity contribution is 0.612. The summed E-state index contributed by atoms with van der Waals surface area (Å²) in [7, 11) is 0. The molecule has 0 atom stereocenters. The second-order valence-electron chi connectivity index (χ2n) is 7.59. The first-order valence-corrected chi connectivity index (χ1v) is 10.8. The molecule has 0 unspecified atom stereocenters. The molecule has 8 nitrogen and oxygen atoms in total. The fraction of sp³-hybridized carbons (Fsp3) is 0.409. The van der Waals surface area contributed by atoms with E-state index in [1.165, 1.54) is 6.07 Å². The Morgan fingerprint density at radius 1 is 1.00 bits per heavy atom. The van der Waals surface area contributed by atoms with E-state index in [-0.39, 0.29) is 11.5 Å². The number of hydrogen-bond donors (Lipinski definition) is 1. The quantitative estimate of drug-likeness (QED) is 0.415. The number of benzene rings is 1. The molecule has 4 aromatic rings. The molecule has 0 saturated carbocycles. The maximum Gasteiger partial charge on any atom is 0.224 e. The Morgan fingerprint density at radius 2 is 1.77 bits per heavy atom. The third-order valence-electron chi connectivity index (χ3n) is 5.24. The number of halogens is 1. The Hall–Kier alpha value is -3.36. The molecule has 9 heteroatoms. The molecule has 3 heterocycles. The number of nitrogens with one attached hydrogen (secondary N) is 1. The van der Waals surface area contributed by atoms with E-state index in [1.807, 2.05) is 28.9 Å². The molecule has 0 amide bonds. The molecular formula is C22H27FN8. The Kier molecular flexibility index (Phi) is 6.49. The molecular weight excluding hydrogens is 395 g/mol. The van der Waals surface area contributed by atoms with Gasteiger partial charge in [-0.05, 0) is 41.8 Å². The van der Waals surface area contributed by atoms with Gasteiger partial charge in [-0.3, -0.25) is 0 Å². The van der Waals surface area contributed by atoms with Gasteiger partial charge in [0.25, 0.3) is 0 Å². The molecule has 0 saturated heterocycles. The lowest BCUT2D eigenvalue weighted by Crippen LogP contribution is -2.07. The van der Waals surface area contributed by atoms with Crippen LogP contribution in [-0.2, 0) is 19.4 Å². The fourth-order valence-electron chi connectivity index (χ4n) is 3.55. The molecule has 0 aliphatic carbocycles. The minimum absolute atomic E-state index is 0.217. The second-order valence-corrected chi connectivity index (χ2v) is 7.59. The van der Waals surface area contributed by atoms with Gasteiger partial charge < -0.3 is 4.57 Å². The average molecular weight is 423 g/mol. The topological polar surface area (TPSA) is 90.1 Å². The first-order chi connectivity index (χ1) is 15.2. The van der Waals surface area contributed by atoms with E-state index < -0.39 is 5.82 Å². The lowest BCUT2D eigenvalue weighted by Gasteiger charge is -2.09. The van der Waals surface area contributed by atoms with Crippen LogP contribution in [0.2, 0.25) is 0 Å². The zero-order chi connectivity index (χ0) is 21.6. The van der Waals surface area contributed by atoms with Crippen LogP contribution < -0.4 is 0 Å². The predicted molar refractivity (Wildman–Crippen MR) is 115 cm³/mol. The smallest absolute Gasteiger partial charge is 0.224 e. The highest BCUT2D eigenvalue weighted by Gasteiger charge is 2.17. The third-order valence-corrected chi connectivity index (χ3v) is 5.24. The maximum absolute atomic E-state index is 14.3. The summed E-state index contributed by atoms with van der Waals surface area (Å²) in [5, 5.41) is 18.5. The Morgan fingerprint density at radius 3 is 2.48 bits per heavy atom. The van der Waals surface area contributed by atoms with Gasteiger partial charge in [-0.15, -0.1) is 10.2 Å². The molecule has 0 spiro atoms. The van der Waals surface area contributed by atoms with Crippen molar-refractivity contribution in [3.05, 3.63) is 59.6 Å². The van der Waals surface area contributed by atoms with Gasteiger partial charge in [0.05, 0.1) is 6.54 Å². The number of aryl methyl sites for hydroxylation is 2. The van der Waals surface area contributed by atoms with Crippen molar-refractivity contribution >= 4 is 0 Å². The van der Waals surface area contributed by atoms with Crippen LogP contribution in [0.4, 0.5) is 4.39 Å². The highest BCUT2D eigenvalue weighted by atomic mass is 19.1. The van der Waals surface area contributed by atoms with Gasteiger partial charge in [-0.1, -0.05) is 38.8 Å². The van der Waals surface area contributed by atoms with Crippen LogP contribution in [0.15, 0.2) is 36.5 Å². The number of tetrazole rings is 1. The molecule has 0 radical (unpaired) electrons. The Balaban J connectivity index is 1.55. The monoisotopic (exact) mass is 422 g/mol. The van der Waals surface area contributed by atoms with Gasteiger partial charge in [0.1, 0.15) is 11.5 Å². The zero-order valence-electron chi connectivity index (χ0n) is 17.9. The van der Waals surface area contributed by atoms with Crippen molar-refractivity contribution in [2.75, 3.05) is 0 Å². The Labute approximate surface area is 180 Å². The average Bonchev–Trinajstić information content (AvgIpc) is 3.52. The van der Waals surface area contributed by atoms with Crippen LogP contribution in [0.3, 0.4) is 0 Å². The van der Waals surface area contributed by atoms with Crippen molar-refractivity contribution < 1.29 is 4.39 Å². The standard InChI is InChI=1S/C22H27FN8/c1-3-5-7-19-24-20(8-6-4-2)31(27-19)15-16-9-11-17(12-10-16)30-14-13-18(23)21(30)22-25-28-29-26-22/h9-14H,3-8,15H2,1-2H3,(H,25,26,28,29). The summed E-state index contributed by atoms with van der Waals surface area (Å²) in [5.41, 5.74) is 2.21. The van der Waals surface area contributed by atoms with Crippen LogP contribution in [0.5, 0.6) is 0 Å². The highest BCUT2D eigenvalue weighted by Crippen LogP contribution is 2.24. The van der Waals surface area contributed by atoms with E-state index >= 15 is 0 Å². The van der Waals surface area contributed by atoms with E-state index in [1.54, 1.807) is 10.8 Å². The summed E-state index contributed by atoms with van der Waals surface area (Å²) >= 11 is 0. The van der Waals surface area contributed by atoms with E-state index in [0.29, 0.717) is 6.54 Å². The summed E-state index contributed by atoms with van der Waals surface area (Å²) in [6.45, 7) is 5.03. The van der Waals surface area contributed by atoms with Crippen molar-refractivity contribution in [2.45, 2.75) is 58.9 Å². The number of nitrogens with zero attached hydrogens (tertiary/aromatic N) is 7. The van der Waals surface area contributed by atoms with Crippen molar-refractivity contribution in [2.24, 2.45) is 0 Å². The normalized spacial score (nSPS) is 11.3. The summed E-state index contributed by atoms with van der Waals surface area (Å²) < 4.78 is 18.0. The number of H-pyrrole nitrogens is 1. The predicted octanol–water partition coefficient (Wildman–Crippen LogP) is 4.12. The number of aromatic nitrogens is 8. The molecule has 1 N–H and O–H groups in total. The molecule has 0 aliphatic heterocycles. The van der Waals surface area contributed by atoms with Crippen LogP contribution in [0, 0.1) is 5.82 Å². The van der Waals surface area contributed by atoms with Gasteiger partial charge in [-0.25, -0.2) is 14.1 Å². The van der Waals surface area contributed by atoms with E-state index in [9.17, 15) is 4.39 Å². The third kappa shape index (κ3) is 4.70. The molecule has 0 fully saturated rings. The van der Waals surface area contributed by atoms with Crippen LogP contribution >= 0.6 is 0 Å². The van der Waals surface area contributed by atoms with Gasteiger partial charge in [0.15, 0.2) is 11.6 Å². The number of hydrogen-bond acceptors (Lipinski definition) is 5. The minimum atomic E-state index is -0.395. The van der Waals surface area contributed by atoms with Crippen molar-refractivity contribution in [1.29, 1.82) is 0 Å². The van der Waals surface area contributed by atoms with Gasteiger partial charge in [0.2, 0.25) is 5.82 Å². The second kappa shape index (κ2) is 9.63. The van der Waals surface area contributed by atoms with Crippen molar-refractivity contribution in [3.8, 4) is 17.2 Å². The lowest BCUT2D eigenvalue weighted by atomic mass is 10.2. The number of unbranched alkanes of at least 4 members (excludes halogenated alkanes) is 2. The number of aromatic amines is 1. The van der Waals surface area contributed by atoms with Gasteiger partial charge in [0, 0.05) is 24.7 Å². The summed E-state index contributed by atoms with van der Waals surface area (Å²) in [5.74, 6) is 1.80. The first-order valence-electron chi connectivity index (χ1n) is 10.8. The van der Waals surface area contributed by atoms with Crippen LogP contribution in [0.25, 0.3) is 17.2 Å². The van der Waals surface area contributed by atoms with E-state index in [0.717, 1.165) is 61.4 Å². The fourth-order valence-corrected chi connectivity index (χ4v) is 3.55. The zero-order valence-corrected chi connectivity index (χ0v) is 17.9. The SMILES string of the molecule is CCCCc1nc(CCCC)n(Cc2ccc(-n3ccc(F)c3-c3nn[nH]n3)cc2)n1. The van der Waals surface area contributed by atoms with Gasteiger partial charge >= 0.3 is 0 Å². The largest absolute Gasteiger partial charge is 0.311 e. The van der Waals surface area contributed by atoms with Crippen molar-refractivity contribution in [3.63, 3.8) is 0 Å². The minimum Gasteiger partial charge on any atom is -0.311 e. The molecule has 31 heavy (non-hydrogen) atoms. The molecule has 162 valence electrons. The Bertz CT molecular complexity index is 1100. The first kappa shape index (κ1) is 20.9. The van der Waals surface area contributed by atoms with E-state index in [4.69, 9.17) is 10.1 Å².